The van der Waals surface area contributed by atoms with Crippen molar-refractivity contribution in [2.24, 2.45) is 0 Å². The first-order valence-electron chi connectivity index (χ1n) is 7.81. The van der Waals surface area contributed by atoms with Gasteiger partial charge >= 0.3 is 0 Å². The number of amides is 1. The fourth-order valence-corrected chi connectivity index (χ4v) is 2.50. The van der Waals surface area contributed by atoms with Crippen LogP contribution in [0.1, 0.15) is 32.6 Å². The summed E-state index contributed by atoms with van der Waals surface area (Å²) in [6.45, 7) is 2.03. The van der Waals surface area contributed by atoms with Crippen LogP contribution < -0.4 is 16.0 Å². The van der Waals surface area contributed by atoms with Crippen molar-refractivity contribution in [1.82, 2.24) is 10.6 Å². The third-order valence-electron chi connectivity index (χ3n) is 3.25. The smallest absolute Gasteiger partial charge is 0.269 e. The van der Waals surface area contributed by atoms with Gasteiger partial charge in [-0.1, -0.05) is 54.6 Å². The van der Waals surface area contributed by atoms with E-state index in [2.05, 4.69) is 16.0 Å². The van der Waals surface area contributed by atoms with E-state index in [0.29, 0.717) is 12.1 Å². The van der Waals surface area contributed by atoms with E-state index in [0.717, 1.165) is 19.3 Å². The van der Waals surface area contributed by atoms with Gasteiger partial charge in [0.05, 0.1) is 4.92 Å². The summed E-state index contributed by atoms with van der Waals surface area (Å²) >= 11 is 22.8. The number of benzene rings is 1. The Labute approximate surface area is 171 Å². The number of hydrogen-bond acceptors (Lipinski definition) is 4. The van der Waals surface area contributed by atoms with Gasteiger partial charge in [0.25, 0.3) is 5.69 Å². The largest absolute Gasteiger partial charge is 0.339 e. The van der Waals surface area contributed by atoms with Crippen LogP contribution in [-0.2, 0) is 4.79 Å². The number of halogens is 3. The summed E-state index contributed by atoms with van der Waals surface area (Å²) < 4.78 is -1.83. The zero-order valence-corrected chi connectivity index (χ0v) is 17.0. The molecule has 0 bridgehead atoms. The third kappa shape index (κ3) is 8.35. The van der Waals surface area contributed by atoms with E-state index < -0.39 is 14.9 Å². The number of unbranched alkanes of at least 4 members (excludes halogenated alkanes) is 2. The van der Waals surface area contributed by atoms with Crippen LogP contribution in [0.4, 0.5) is 11.4 Å². The number of hydrogen-bond donors (Lipinski definition) is 3. The molecule has 0 aliphatic heterocycles. The molecule has 1 aromatic rings. The molecule has 0 fully saturated rings. The molecule has 0 radical (unpaired) electrons. The number of carbonyl (C=O) groups excluding carboxylic acids is 1. The average molecular weight is 442 g/mol. The number of rotatable bonds is 8. The molecule has 0 spiro atoms. The quantitative estimate of drug-likeness (QED) is 0.139. The number of nitrogens with zero attached hydrogens (tertiary/aromatic N) is 1. The summed E-state index contributed by atoms with van der Waals surface area (Å²) in [5.41, 5.74) is 0.457. The summed E-state index contributed by atoms with van der Waals surface area (Å²) in [7, 11) is 0. The maximum atomic E-state index is 12.0. The minimum atomic E-state index is -1.83. The van der Waals surface area contributed by atoms with Gasteiger partial charge in [-0.25, -0.2) is 0 Å². The van der Waals surface area contributed by atoms with Crippen molar-refractivity contribution in [3.8, 4) is 0 Å². The predicted octanol–water partition coefficient (Wildman–Crippen LogP) is 4.27. The first-order valence-corrected chi connectivity index (χ1v) is 9.35. The van der Waals surface area contributed by atoms with E-state index in [1.807, 2.05) is 6.92 Å². The summed E-state index contributed by atoms with van der Waals surface area (Å²) in [5, 5.41) is 18.9. The average Bonchev–Trinajstić information content (AvgIpc) is 2.54. The second kappa shape index (κ2) is 10.7. The Kier molecular flexibility index (Phi) is 9.35. The van der Waals surface area contributed by atoms with E-state index in [1.165, 1.54) is 24.3 Å². The molecule has 0 heterocycles. The predicted molar refractivity (Wildman–Crippen MR) is 109 cm³/mol. The van der Waals surface area contributed by atoms with Crippen molar-refractivity contribution < 1.29 is 9.72 Å². The van der Waals surface area contributed by atoms with Crippen molar-refractivity contribution >= 4 is 69.4 Å². The topological polar surface area (TPSA) is 96.3 Å². The van der Waals surface area contributed by atoms with Crippen molar-refractivity contribution in [2.45, 2.75) is 42.6 Å². The molecule has 1 amide bonds. The number of non-ortho nitro benzene ring substituents is 1. The van der Waals surface area contributed by atoms with E-state index >= 15 is 0 Å². The van der Waals surface area contributed by atoms with E-state index in [4.69, 9.17) is 47.0 Å². The fraction of sp³-hybridized carbons (Fsp3) is 0.467. The lowest BCUT2D eigenvalue weighted by molar-refractivity contribution is -0.384. The first-order chi connectivity index (χ1) is 12.1. The van der Waals surface area contributed by atoms with Gasteiger partial charge in [-0.05, 0) is 30.8 Å². The summed E-state index contributed by atoms with van der Waals surface area (Å²) in [6.07, 6.45) is 1.93. The molecule has 26 heavy (non-hydrogen) atoms. The second-order valence-electron chi connectivity index (χ2n) is 5.40. The molecule has 11 heteroatoms. The number of carbonyl (C=O) groups is 1. The molecule has 0 unspecified atom stereocenters. The Balaban J connectivity index is 2.65. The Morgan fingerprint density at radius 2 is 1.85 bits per heavy atom. The Bertz CT molecular complexity index is 638. The molecule has 1 rings (SSSR count). The minimum absolute atomic E-state index is 0.0482. The van der Waals surface area contributed by atoms with E-state index in [-0.39, 0.29) is 16.7 Å². The standard InChI is InChI=1S/C15H19Cl3N4O3S/c1-2-3-4-5-12(23)20-13(15(16,17)18)21-14(26)19-10-6-8-11(9-7-10)22(24)25/h6-9,13H,2-5H2,1H3,(H,20,23)(H2,19,21,26)/t13-/m0/s1. The lowest BCUT2D eigenvalue weighted by Gasteiger charge is -2.27. The Morgan fingerprint density at radius 1 is 1.23 bits per heavy atom. The number of alkyl halides is 3. The highest BCUT2D eigenvalue weighted by atomic mass is 35.6. The van der Waals surface area contributed by atoms with Crippen molar-refractivity contribution in [3.63, 3.8) is 0 Å². The molecule has 0 saturated carbocycles. The molecule has 1 atom stereocenters. The molecule has 7 nitrogen and oxygen atoms in total. The number of nitro groups is 1. The van der Waals surface area contributed by atoms with Gasteiger partial charge in [0.15, 0.2) is 5.11 Å². The minimum Gasteiger partial charge on any atom is -0.339 e. The lowest BCUT2D eigenvalue weighted by Crippen LogP contribution is -2.56. The van der Waals surface area contributed by atoms with Gasteiger partial charge in [0, 0.05) is 24.2 Å². The number of anilines is 1. The fourth-order valence-electron chi connectivity index (χ4n) is 1.93. The van der Waals surface area contributed by atoms with Crippen LogP contribution in [0, 0.1) is 10.1 Å². The summed E-state index contributed by atoms with van der Waals surface area (Å²) in [5.74, 6) is -0.264. The molecular weight excluding hydrogens is 423 g/mol. The highest BCUT2D eigenvalue weighted by Crippen LogP contribution is 2.29. The molecule has 0 aromatic heterocycles. The molecule has 0 saturated heterocycles. The highest BCUT2D eigenvalue weighted by Gasteiger charge is 2.34. The second-order valence-corrected chi connectivity index (χ2v) is 8.18. The molecule has 3 N–H and O–H groups in total. The maximum Gasteiger partial charge on any atom is 0.269 e. The van der Waals surface area contributed by atoms with Crippen LogP contribution >= 0.6 is 47.0 Å². The van der Waals surface area contributed by atoms with Crippen molar-refractivity contribution in [3.05, 3.63) is 34.4 Å². The van der Waals surface area contributed by atoms with Crippen LogP contribution in [0.25, 0.3) is 0 Å². The molecule has 0 aliphatic carbocycles. The molecular formula is C15H19Cl3N4O3S. The molecule has 144 valence electrons. The van der Waals surface area contributed by atoms with Gasteiger partial charge in [0.2, 0.25) is 9.70 Å². The van der Waals surface area contributed by atoms with Crippen LogP contribution in [0.5, 0.6) is 0 Å². The van der Waals surface area contributed by atoms with Crippen LogP contribution in [0.2, 0.25) is 0 Å². The SMILES string of the molecule is CCCCCC(=O)N[C@@H](NC(=S)Nc1ccc([N+](=O)[O-])cc1)C(Cl)(Cl)Cl. The van der Waals surface area contributed by atoms with Gasteiger partial charge in [-0.3, -0.25) is 14.9 Å². The number of nitrogens with one attached hydrogen (secondary N) is 3. The van der Waals surface area contributed by atoms with Gasteiger partial charge in [-0.2, -0.15) is 0 Å². The Morgan fingerprint density at radius 3 is 2.35 bits per heavy atom. The normalized spacial score (nSPS) is 12.2. The Hall–Kier alpha value is -1.35. The third-order valence-corrected chi connectivity index (χ3v) is 4.13. The van der Waals surface area contributed by atoms with Gasteiger partial charge in [-0.15, -0.1) is 0 Å². The zero-order valence-electron chi connectivity index (χ0n) is 13.9. The van der Waals surface area contributed by atoms with Gasteiger partial charge < -0.3 is 16.0 Å². The zero-order chi connectivity index (χ0) is 19.7. The van der Waals surface area contributed by atoms with Crippen LogP contribution in [0.3, 0.4) is 0 Å². The van der Waals surface area contributed by atoms with Crippen molar-refractivity contribution in [1.29, 1.82) is 0 Å². The van der Waals surface area contributed by atoms with Gasteiger partial charge in [0.1, 0.15) is 6.17 Å². The molecule has 1 aromatic carbocycles. The van der Waals surface area contributed by atoms with Crippen LogP contribution in [0.15, 0.2) is 24.3 Å². The maximum absolute atomic E-state index is 12.0. The highest BCUT2D eigenvalue weighted by molar-refractivity contribution is 7.80. The number of nitro benzene ring substituents is 1. The van der Waals surface area contributed by atoms with E-state index in [1.54, 1.807) is 0 Å². The van der Waals surface area contributed by atoms with E-state index in [9.17, 15) is 14.9 Å². The number of thiocarbonyl (C=S) groups is 1. The summed E-state index contributed by atoms with van der Waals surface area (Å²) in [6, 6.07) is 5.62. The summed E-state index contributed by atoms with van der Waals surface area (Å²) in [4.78, 5) is 22.1. The molecule has 0 aliphatic rings. The first kappa shape index (κ1) is 22.7. The van der Waals surface area contributed by atoms with Crippen LogP contribution in [-0.4, -0.2) is 25.9 Å². The monoisotopic (exact) mass is 440 g/mol. The lowest BCUT2D eigenvalue weighted by atomic mass is 10.2. The van der Waals surface area contributed by atoms with Crippen molar-refractivity contribution in [2.75, 3.05) is 5.32 Å².